The SMILES string of the molecule is CCCNC(=O)c1cc(C)cc(C(=O)N(CCC)[C@@H](Cc2cc(F)cc(F)c2)[C@H](O)CNCc2cccc(-c3nccs3)c2)c1. The van der Waals surface area contributed by atoms with Crippen LogP contribution in [0.25, 0.3) is 10.6 Å². The van der Waals surface area contributed by atoms with Crippen LogP contribution in [0.2, 0.25) is 0 Å². The number of carbonyl (C=O) groups is 2. The number of carbonyl (C=O) groups excluding carboxylic acids is 2. The van der Waals surface area contributed by atoms with Crippen molar-refractivity contribution in [2.45, 2.75) is 58.7 Å². The van der Waals surface area contributed by atoms with Crippen LogP contribution >= 0.6 is 11.3 Å². The topological polar surface area (TPSA) is 94.6 Å². The number of rotatable bonds is 15. The molecule has 4 aromatic rings. The molecule has 0 fully saturated rings. The smallest absolute Gasteiger partial charge is 0.254 e. The van der Waals surface area contributed by atoms with Crippen LogP contribution in [0.5, 0.6) is 0 Å². The van der Waals surface area contributed by atoms with Gasteiger partial charge in [0, 0.05) is 60.5 Å². The minimum Gasteiger partial charge on any atom is -0.390 e. The first-order valence-electron chi connectivity index (χ1n) is 15.2. The van der Waals surface area contributed by atoms with Crippen molar-refractivity contribution < 1.29 is 23.5 Å². The molecule has 10 heteroatoms. The van der Waals surface area contributed by atoms with Gasteiger partial charge in [0.05, 0.1) is 12.1 Å². The molecular weight excluding hydrogens is 594 g/mol. The van der Waals surface area contributed by atoms with Crippen LogP contribution in [0, 0.1) is 18.6 Å². The van der Waals surface area contributed by atoms with Gasteiger partial charge in [0.1, 0.15) is 16.6 Å². The van der Waals surface area contributed by atoms with Crippen LogP contribution in [0.15, 0.2) is 72.2 Å². The molecule has 0 aliphatic rings. The summed E-state index contributed by atoms with van der Waals surface area (Å²) in [6.45, 7) is 7.06. The third-order valence-electron chi connectivity index (χ3n) is 7.35. The van der Waals surface area contributed by atoms with E-state index in [4.69, 9.17) is 0 Å². The van der Waals surface area contributed by atoms with E-state index in [1.165, 1.54) is 12.1 Å². The number of aryl methyl sites for hydroxylation is 1. The molecule has 0 saturated carbocycles. The number of aromatic nitrogens is 1. The fourth-order valence-electron chi connectivity index (χ4n) is 5.31. The average molecular weight is 635 g/mol. The zero-order valence-corrected chi connectivity index (χ0v) is 26.7. The number of benzene rings is 3. The van der Waals surface area contributed by atoms with E-state index in [0.29, 0.717) is 42.7 Å². The van der Waals surface area contributed by atoms with Gasteiger partial charge in [-0.25, -0.2) is 13.8 Å². The van der Waals surface area contributed by atoms with Crippen molar-refractivity contribution in [3.05, 3.63) is 112 Å². The van der Waals surface area contributed by atoms with Crippen molar-refractivity contribution in [1.29, 1.82) is 0 Å². The molecule has 0 spiro atoms. The van der Waals surface area contributed by atoms with Gasteiger partial charge in [-0.3, -0.25) is 9.59 Å². The zero-order chi connectivity index (χ0) is 32.3. The van der Waals surface area contributed by atoms with Crippen LogP contribution in [0.3, 0.4) is 0 Å². The highest BCUT2D eigenvalue weighted by molar-refractivity contribution is 7.13. The zero-order valence-electron chi connectivity index (χ0n) is 25.9. The highest BCUT2D eigenvalue weighted by Crippen LogP contribution is 2.23. The van der Waals surface area contributed by atoms with Gasteiger partial charge < -0.3 is 20.6 Å². The summed E-state index contributed by atoms with van der Waals surface area (Å²) in [4.78, 5) is 32.8. The molecular formula is C35H40F2N4O3S. The van der Waals surface area contributed by atoms with Gasteiger partial charge in [0.2, 0.25) is 0 Å². The third-order valence-corrected chi connectivity index (χ3v) is 8.17. The van der Waals surface area contributed by atoms with Crippen LogP contribution in [0.4, 0.5) is 8.78 Å². The Morgan fingerprint density at radius 2 is 1.73 bits per heavy atom. The number of nitrogens with zero attached hydrogens (tertiary/aromatic N) is 2. The number of thiazole rings is 1. The van der Waals surface area contributed by atoms with Gasteiger partial charge in [-0.1, -0.05) is 32.0 Å². The second kappa shape index (κ2) is 16.4. The summed E-state index contributed by atoms with van der Waals surface area (Å²) in [6.07, 6.45) is 2.07. The molecule has 7 nitrogen and oxygen atoms in total. The Morgan fingerprint density at radius 3 is 2.42 bits per heavy atom. The maximum absolute atomic E-state index is 14.2. The molecule has 0 aliphatic heterocycles. The standard InChI is InChI=1S/C35H40F2N4O3S/c1-4-9-39-33(43)27-13-23(3)14-28(19-27)35(44)41(11-5-2)31(18-25-16-29(36)20-30(37)17-25)32(42)22-38-21-24-7-6-8-26(15-24)34-40-10-12-45-34/h6-8,10,12-17,19-20,31-32,38,42H,4-5,9,11,18,21-22H2,1-3H3,(H,39,43)/t31-,32+/m0/s1. The molecule has 0 saturated heterocycles. The van der Waals surface area contributed by atoms with Gasteiger partial charge in [0.25, 0.3) is 11.8 Å². The lowest BCUT2D eigenvalue weighted by atomic mass is 9.97. The van der Waals surface area contributed by atoms with E-state index in [0.717, 1.165) is 34.2 Å². The Morgan fingerprint density at radius 1 is 0.978 bits per heavy atom. The molecule has 4 rings (SSSR count). The Hall–Kier alpha value is -3.99. The quantitative estimate of drug-likeness (QED) is 0.146. The Bertz CT molecular complexity index is 1560. The first kappa shape index (κ1) is 33.9. The number of nitrogens with one attached hydrogen (secondary N) is 2. The van der Waals surface area contributed by atoms with E-state index in [1.54, 1.807) is 40.6 Å². The predicted molar refractivity (Wildman–Crippen MR) is 174 cm³/mol. The molecule has 0 radical (unpaired) electrons. The normalized spacial score (nSPS) is 12.5. The molecule has 2 amide bonds. The van der Waals surface area contributed by atoms with Crippen LogP contribution in [0.1, 0.15) is 64.1 Å². The lowest BCUT2D eigenvalue weighted by Crippen LogP contribution is -2.51. The Labute approximate surface area is 267 Å². The second-order valence-electron chi connectivity index (χ2n) is 11.1. The number of amides is 2. The molecule has 3 N–H and O–H groups in total. The lowest BCUT2D eigenvalue weighted by molar-refractivity contribution is 0.0353. The number of hydrogen-bond donors (Lipinski definition) is 3. The summed E-state index contributed by atoms with van der Waals surface area (Å²) in [7, 11) is 0. The fraction of sp³-hybridized carbons (Fsp3) is 0.343. The summed E-state index contributed by atoms with van der Waals surface area (Å²) in [6, 6.07) is 15.4. The van der Waals surface area contributed by atoms with Crippen LogP contribution < -0.4 is 10.6 Å². The molecule has 0 aliphatic carbocycles. The Balaban J connectivity index is 1.59. The number of halogens is 2. The van der Waals surface area contributed by atoms with Crippen molar-refractivity contribution in [2.75, 3.05) is 19.6 Å². The van der Waals surface area contributed by atoms with E-state index in [9.17, 15) is 23.5 Å². The van der Waals surface area contributed by atoms with Crippen LogP contribution in [-0.2, 0) is 13.0 Å². The van der Waals surface area contributed by atoms with Gasteiger partial charge in [-0.05, 0) is 79.3 Å². The van der Waals surface area contributed by atoms with Gasteiger partial charge in [-0.2, -0.15) is 0 Å². The van der Waals surface area contributed by atoms with Crippen molar-refractivity contribution in [3.63, 3.8) is 0 Å². The molecule has 3 aromatic carbocycles. The van der Waals surface area contributed by atoms with E-state index in [2.05, 4.69) is 15.6 Å². The maximum Gasteiger partial charge on any atom is 0.254 e. The lowest BCUT2D eigenvalue weighted by Gasteiger charge is -2.35. The molecule has 0 bridgehead atoms. The summed E-state index contributed by atoms with van der Waals surface area (Å²) in [5.74, 6) is -2.11. The largest absolute Gasteiger partial charge is 0.390 e. The first-order valence-corrected chi connectivity index (χ1v) is 16.1. The third kappa shape index (κ3) is 9.50. The number of aliphatic hydroxyl groups is 1. The predicted octanol–water partition coefficient (Wildman–Crippen LogP) is 6.15. The monoisotopic (exact) mass is 634 g/mol. The van der Waals surface area contributed by atoms with Gasteiger partial charge in [-0.15, -0.1) is 11.3 Å². The van der Waals surface area contributed by atoms with Crippen LogP contribution in [-0.4, -0.2) is 58.6 Å². The average Bonchev–Trinajstić information content (AvgIpc) is 3.56. The molecule has 1 heterocycles. The minimum atomic E-state index is -1.08. The Kier molecular flexibility index (Phi) is 12.3. The first-order chi connectivity index (χ1) is 21.7. The summed E-state index contributed by atoms with van der Waals surface area (Å²) in [5.41, 5.74) is 3.73. The highest BCUT2D eigenvalue weighted by atomic mass is 32.1. The van der Waals surface area contributed by atoms with Crippen molar-refractivity contribution in [3.8, 4) is 10.6 Å². The van der Waals surface area contributed by atoms with Gasteiger partial charge >= 0.3 is 0 Å². The van der Waals surface area contributed by atoms with Crippen molar-refractivity contribution in [1.82, 2.24) is 20.5 Å². The summed E-state index contributed by atoms with van der Waals surface area (Å²) in [5, 5.41) is 20.5. The molecule has 238 valence electrons. The van der Waals surface area contributed by atoms with E-state index >= 15 is 0 Å². The van der Waals surface area contributed by atoms with Gasteiger partial charge in [0.15, 0.2) is 0 Å². The molecule has 45 heavy (non-hydrogen) atoms. The van der Waals surface area contributed by atoms with E-state index < -0.39 is 23.8 Å². The number of aliphatic hydroxyl groups excluding tert-OH is 1. The molecule has 2 atom stereocenters. The molecule has 1 aromatic heterocycles. The van der Waals surface area contributed by atoms with Crippen molar-refractivity contribution in [2.24, 2.45) is 0 Å². The van der Waals surface area contributed by atoms with E-state index in [-0.39, 0.29) is 24.8 Å². The highest BCUT2D eigenvalue weighted by Gasteiger charge is 2.31. The van der Waals surface area contributed by atoms with Crippen molar-refractivity contribution >= 4 is 23.2 Å². The minimum absolute atomic E-state index is 0.0262. The molecule has 0 unspecified atom stereocenters. The summed E-state index contributed by atoms with van der Waals surface area (Å²) < 4.78 is 28.4. The number of hydrogen-bond acceptors (Lipinski definition) is 6. The fourth-order valence-corrected chi connectivity index (χ4v) is 5.94. The summed E-state index contributed by atoms with van der Waals surface area (Å²) >= 11 is 1.55. The second-order valence-corrected chi connectivity index (χ2v) is 12.0. The maximum atomic E-state index is 14.2. The van der Waals surface area contributed by atoms with E-state index in [1.807, 2.05) is 50.4 Å².